The molecule has 1 aromatic rings. The lowest BCUT2D eigenvalue weighted by atomic mass is 10.0. The van der Waals surface area contributed by atoms with Crippen LogP contribution in [0.1, 0.15) is 32.3 Å². The van der Waals surface area contributed by atoms with Gasteiger partial charge in [0.2, 0.25) is 5.82 Å². The van der Waals surface area contributed by atoms with Gasteiger partial charge in [-0.2, -0.15) is 5.26 Å². The molecule has 0 bridgehead atoms. The molecule has 0 amide bonds. The Morgan fingerprint density at radius 3 is 2.90 bits per heavy atom. The second-order valence-electron chi connectivity index (χ2n) is 5.13. The van der Waals surface area contributed by atoms with E-state index in [4.69, 9.17) is 5.26 Å². The van der Waals surface area contributed by atoms with Crippen LogP contribution in [0.2, 0.25) is 0 Å². The number of nitrogens with one attached hydrogen (secondary N) is 1. The lowest BCUT2D eigenvalue weighted by molar-refractivity contribution is -0.384. The molecule has 1 aliphatic heterocycles. The maximum atomic E-state index is 11.4. The van der Waals surface area contributed by atoms with E-state index in [1.54, 1.807) is 0 Å². The zero-order valence-electron chi connectivity index (χ0n) is 12.2. The van der Waals surface area contributed by atoms with E-state index in [-0.39, 0.29) is 23.3 Å². The highest BCUT2D eigenvalue weighted by Crippen LogP contribution is 2.32. The first-order valence-corrected chi connectivity index (χ1v) is 7.15. The highest BCUT2D eigenvalue weighted by atomic mass is 16.6. The van der Waals surface area contributed by atoms with Crippen LogP contribution >= 0.6 is 0 Å². The summed E-state index contributed by atoms with van der Waals surface area (Å²) in [5.41, 5.74) is -0.123. The van der Waals surface area contributed by atoms with Crippen LogP contribution in [0.25, 0.3) is 0 Å². The van der Waals surface area contributed by atoms with Gasteiger partial charge in [0.25, 0.3) is 0 Å². The summed E-state index contributed by atoms with van der Waals surface area (Å²) < 4.78 is 0. The van der Waals surface area contributed by atoms with E-state index in [0.29, 0.717) is 12.4 Å². The molecule has 2 rings (SSSR count). The highest BCUT2D eigenvalue weighted by molar-refractivity contribution is 5.66. The molecule has 2 unspecified atom stereocenters. The van der Waals surface area contributed by atoms with Crippen LogP contribution in [0, 0.1) is 21.4 Å². The molecule has 1 aromatic heterocycles. The van der Waals surface area contributed by atoms with Crippen LogP contribution in [0.3, 0.4) is 0 Å². The van der Waals surface area contributed by atoms with E-state index >= 15 is 0 Å². The Balaban J connectivity index is 2.47. The van der Waals surface area contributed by atoms with Gasteiger partial charge < -0.3 is 10.2 Å². The molecule has 1 N–H and O–H groups in total. The first-order valence-electron chi connectivity index (χ1n) is 7.15. The molecule has 0 radical (unpaired) electrons. The third-order valence-corrected chi connectivity index (χ3v) is 3.94. The predicted octanol–water partition coefficient (Wildman–Crippen LogP) is 1.83. The number of nitro groups is 1. The lowest BCUT2D eigenvalue weighted by Crippen LogP contribution is -2.56. The molecule has 1 aliphatic rings. The summed E-state index contributed by atoms with van der Waals surface area (Å²) in [6, 6.07) is 3.71. The van der Waals surface area contributed by atoms with E-state index in [1.807, 2.05) is 17.9 Å². The molecule has 1 saturated heterocycles. The van der Waals surface area contributed by atoms with Crippen LogP contribution in [0.15, 0.2) is 12.3 Å². The Morgan fingerprint density at radius 1 is 1.57 bits per heavy atom. The molecule has 2 heterocycles. The second-order valence-corrected chi connectivity index (χ2v) is 5.13. The average Bonchev–Trinajstić information content (AvgIpc) is 2.53. The summed E-state index contributed by atoms with van der Waals surface area (Å²) in [7, 11) is 0. The van der Waals surface area contributed by atoms with Gasteiger partial charge in [-0.05, 0) is 18.9 Å². The van der Waals surface area contributed by atoms with Gasteiger partial charge in [0.15, 0.2) is 0 Å². The van der Waals surface area contributed by atoms with Gasteiger partial charge >= 0.3 is 5.69 Å². The first-order chi connectivity index (χ1) is 10.1. The van der Waals surface area contributed by atoms with Crippen LogP contribution in [-0.4, -0.2) is 35.1 Å². The zero-order valence-corrected chi connectivity index (χ0v) is 12.2. The Labute approximate surface area is 123 Å². The number of piperazine rings is 1. The molecule has 21 heavy (non-hydrogen) atoms. The molecule has 0 aliphatic carbocycles. The summed E-state index contributed by atoms with van der Waals surface area (Å²) in [6.07, 6.45) is 3.27. The predicted molar refractivity (Wildman–Crippen MR) is 79.1 cm³/mol. The van der Waals surface area contributed by atoms with Gasteiger partial charge in [-0.25, -0.2) is 4.98 Å². The van der Waals surface area contributed by atoms with Gasteiger partial charge in [0, 0.05) is 31.4 Å². The van der Waals surface area contributed by atoms with Crippen LogP contribution in [-0.2, 0) is 0 Å². The molecule has 7 heteroatoms. The summed E-state index contributed by atoms with van der Waals surface area (Å²) >= 11 is 0. The minimum absolute atomic E-state index is 0.0615. The molecule has 112 valence electrons. The third-order valence-electron chi connectivity index (χ3n) is 3.94. The highest BCUT2D eigenvalue weighted by Gasteiger charge is 2.33. The van der Waals surface area contributed by atoms with Crippen molar-refractivity contribution in [3.8, 4) is 6.07 Å². The maximum Gasteiger partial charge on any atom is 0.329 e. The minimum Gasteiger partial charge on any atom is -0.345 e. The van der Waals surface area contributed by atoms with Crippen molar-refractivity contribution in [2.45, 2.75) is 38.8 Å². The number of pyridine rings is 1. The van der Waals surface area contributed by atoms with Gasteiger partial charge in [-0.1, -0.05) is 13.8 Å². The molecule has 0 aromatic carbocycles. The standard InChI is InChI=1S/C14H19N5O2/c1-3-11-9-18(12(4-2)8-17-11)14-13(19(20)21)10(7-15)5-6-16-14/h5-6,11-12,17H,3-4,8-9H2,1-2H3. The Kier molecular flexibility index (Phi) is 4.70. The number of nitrogens with zero attached hydrogens (tertiary/aromatic N) is 4. The molecule has 0 saturated carbocycles. The molecular weight excluding hydrogens is 270 g/mol. The van der Waals surface area contributed by atoms with Gasteiger partial charge in [0.1, 0.15) is 11.6 Å². The Morgan fingerprint density at radius 2 is 2.33 bits per heavy atom. The Hall–Kier alpha value is -2.20. The summed E-state index contributed by atoms with van der Waals surface area (Å²) in [5, 5.41) is 23.9. The quantitative estimate of drug-likeness (QED) is 0.671. The Bertz CT molecular complexity index is 569. The number of anilines is 1. The van der Waals surface area contributed by atoms with Crippen LogP contribution in [0.5, 0.6) is 0 Å². The number of rotatable bonds is 4. The number of hydrogen-bond donors (Lipinski definition) is 1. The van der Waals surface area contributed by atoms with Gasteiger partial charge in [-0.15, -0.1) is 0 Å². The van der Waals surface area contributed by atoms with Crippen molar-refractivity contribution in [3.05, 3.63) is 27.9 Å². The number of nitriles is 1. The summed E-state index contributed by atoms with van der Waals surface area (Å²) in [5.74, 6) is 0.311. The van der Waals surface area contributed by atoms with Crippen LogP contribution in [0.4, 0.5) is 11.5 Å². The maximum absolute atomic E-state index is 11.4. The largest absolute Gasteiger partial charge is 0.345 e. The molecule has 2 atom stereocenters. The smallest absolute Gasteiger partial charge is 0.329 e. The molecular formula is C14H19N5O2. The van der Waals surface area contributed by atoms with Gasteiger partial charge in [0.05, 0.1) is 4.92 Å². The van der Waals surface area contributed by atoms with Crippen molar-refractivity contribution < 1.29 is 4.92 Å². The van der Waals surface area contributed by atoms with Crippen molar-refractivity contribution in [2.24, 2.45) is 0 Å². The van der Waals surface area contributed by atoms with E-state index in [9.17, 15) is 10.1 Å². The SMILES string of the molecule is CCC1CN(c2nccc(C#N)c2[N+](=O)[O-])C(CC)CN1. The molecule has 1 fully saturated rings. The van der Waals surface area contributed by atoms with E-state index in [0.717, 1.165) is 19.4 Å². The first kappa shape index (κ1) is 15.2. The summed E-state index contributed by atoms with van der Waals surface area (Å²) in [4.78, 5) is 17.0. The van der Waals surface area contributed by atoms with Crippen molar-refractivity contribution >= 4 is 11.5 Å². The number of hydrogen-bond acceptors (Lipinski definition) is 6. The van der Waals surface area contributed by atoms with E-state index < -0.39 is 4.92 Å². The molecule has 0 spiro atoms. The third kappa shape index (κ3) is 2.95. The zero-order chi connectivity index (χ0) is 15.4. The average molecular weight is 289 g/mol. The van der Waals surface area contributed by atoms with Crippen molar-refractivity contribution in [2.75, 3.05) is 18.0 Å². The fraction of sp³-hybridized carbons (Fsp3) is 0.571. The topological polar surface area (TPSA) is 95.1 Å². The summed E-state index contributed by atoms with van der Waals surface area (Å²) in [6.45, 7) is 5.56. The van der Waals surface area contributed by atoms with E-state index in [2.05, 4.69) is 17.2 Å². The normalized spacial score (nSPS) is 21.9. The fourth-order valence-electron chi connectivity index (χ4n) is 2.68. The minimum atomic E-state index is -0.503. The second kappa shape index (κ2) is 6.50. The van der Waals surface area contributed by atoms with Crippen LogP contribution < -0.4 is 10.2 Å². The fourth-order valence-corrected chi connectivity index (χ4v) is 2.68. The van der Waals surface area contributed by atoms with Crippen molar-refractivity contribution in [3.63, 3.8) is 0 Å². The lowest BCUT2D eigenvalue weighted by Gasteiger charge is -2.40. The van der Waals surface area contributed by atoms with Crippen molar-refractivity contribution in [1.82, 2.24) is 10.3 Å². The van der Waals surface area contributed by atoms with Gasteiger partial charge in [-0.3, -0.25) is 10.1 Å². The monoisotopic (exact) mass is 289 g/mol. The molecule has 7 nitrogen and oxygen atoms in total. The van der Waals surface area contributed by atoms with Crippen molar-refractivity contribution in [1.29, 1.82) is 5.26 Å². The number of aromatic nitrogens is 1. The van der Waals surface area contributed by atoms with E-state index in [1.165, 1.54) is 12.3 Å².